The molecule has 0 saturated carbocycles. The fourth-order valence-corrected chi connectivity index (χ4v) is 1.03. The van der Waals surface area contributed by atoms with Crippen LogP contribution in [-0.2, 0) is 14.4 Å². The van der Waals surface area contributed by atoms with Crippen molar-refractivity contribution >= 4 is 12.1 Å². The molecule has 0 aliphatic carbocycles. The lowest BCUT2D eigenvalue weighted by Gasteiger charge is -2.16. The first kappa shape index (κ1) is 10.6. The molecule has 0 aromatic carbocycles. The van der Waals surface area contributed by atoms with Crippen molar-refractivity contribution < 1.29 is 19.2 Å². The van der Waals surface area contributed by atoms with Gasteiger partial charge in [0.2, 0.25) is 0 Å². The number of nitrogens with zero attached hydrogens (tertiary/aromatic N) is 1. The summed E-state index contributed by atoms with van der Waals surface area (Å²) in [7, 11) is 0. The van der Waals surface area contributed by atoms with Gasteiger partial charge < -0.3 is 4.74 Å². The molecule has 0 spiro atoms. The van der Waals surface area contributed by atoms with Crippen LogP contribution in [0.3, 0.4) is 0 Å². The molecular weight excluding hydrogens is 186 g/mol. The van der Waals surface area contributed by atoms with E-state index in [1.54, 1.807) is 13.8 Å². The van der Waals surface area contributed by atoms with E-state index in [4.69, 9.17) is 4.74 Å². The molecule has 1 aliphatic rings. The summed E-state index contributed by atoms with van der Waals surface area (Å²) in [6, 6.07) is 0. The van der Waals surface area contributed by atoms with Gasteiger partial charge in [-0.3, -0.25) is 9.63 Å². The van der Waals surface area contributed by atoms with E-state index < -0.39 is 6.16 Å². The first-order chi connectivity index (χ1) is 6.50. The van der Waals surface area contributed by atoms with E-state index in [0.29, 0.717) is 18.5 Å². The number of carbonyl (C=O) groups is 2. The zero-order chi connectivity index (χ0) is 10.7. The molecule has 0 radical (unpaired) electrons. The Morgan fingerprint density at radius 2 is 2.14 bits per heavy atom. The van der Waals surface area contributed by atoms with Crippen LogP contribution in [0.4, 0.5) is 4.79 Å². The third-order valence-corrected chi connectivity index (χ3v) is 1.64. The maximum Gasteiger partial charge on any atom is 0.534 e. The van der Waals surface area contributed by atoms with Gasteiger partial charge >= 0.3 is 6.16 Å². The molecule has 1 rings (SSSR count). The van der Waals surface area contributed by atoms with Gasteiger partial charge in [0.05, 0.1) is 11.8 Å². The highest BCUT2D eigenvalue weighted by Gasteiger charge is 2.28. The van der Waals surface area contributed by atoms with Crippen molar-refractivity contribution in [1.82, 2.24) is 5.06 Å². The average molecular weight is 199 g/mol. The molecule has 5 nitrogen and oxygen atoms in total. The summed E-state index contributed by atoms with van der Waals surface area (Å²) >= 11 is 0. The highest BCUT2D eigenvalue weighted by atomic mass is 16.8. The highest BCUT2D eigenvalue weighted by Crippen LogP contribution is 2.21. The summed E-state index contributed by atoms with van der Waals surface area (Å²) in [5.41, 5.74) is 0.482. The number of hydroxylamine groups is 2. The Morgan fingerprint density at radius 1 is 1.50 bits per heavy atom. The Kier molecular flexibility index (Phi) is 3.11. The van der Waals surface area contributed by atoms with Crippen molar-refractivity contribution in [3.05, 3.63) is 12.3 Å². The van der Waals surface area contributed by atoms with Crippen molar-refractivity contribution in [3.63, 3.8) is 0 Å². The second-order valence-electron chi connectivity index (χ2n) is 3.26. The molecule has 1 heterocycles. The lowest BCUT2D eigenvalue weighted by Crippen LogP contribution is -2.28. The Labute approximate surface area is 82.2 Å². The first-order valence-electron chi connectivity index (χ1n) is 4.40. The monoisotopic (exact) mass is 199 g/mol. The maximum absolute atomic E-state index is 11.1. The molecule has 14 heavy (non-hydrogen) atoms. The fourth-order valence-electron chi connectivity index (χ4n) is 1.03. The van der Waals surface area contributed by atoms with Crippen LogP contribution in [0, 0.1) is 0 Å². The third kappa shape index (κ3) is 2.48. The van der Waals surface area contributed by atoms with E-state index >= 15 is 0 Å². The van der Waals surface area contributed by atoms with E-state index in [9.17, 15) is 9.59 Å². The molecule has 78 valence electrons. The Morgan fingerprint density at radius 3 is 2.57 bits per heavy atom. The molecule has 1 amide bonds. The van der Waals surface area contributed by atoms with Crippen LogP contribution in [-0.4, -0.2) is 23.2 Å². The molecule has 0 atom stereocenters. The molecule has 1 aliphatic heterocycles. The summed E-state index contributed by atoms with van der Waals surface area (Å²) in [5, 5.41) is 0.894. The Balaban J connectivity index is 2.47. The molecular formula is C9H13NO4. The fraction of sp³-hybridized carbons (Fsp3) is 0.556. The van der Waals surface area contributed by atoms with E-state index in [1.807, 2.05) is 0 Å². The van der Waals surface area contributed by atoms with E-state index in [-0.39, 0.29) is 12.0 Å². The standard InChI is InChI=1S/C9H13NO4/c1-6(2)13-9(12)14-10-7(3)4-5-8(10)11/h6H,3-5H2,1-2H3. The number of hydrogen-bond donors (Lipinski definition) is 0. The average Bonchev–Trinajstić information content (AvgIpc) is 2.34. The molecule has 1 fully saturated rings. The molecule has 1 saturated heterocycles. The van der Waals surface area contributed by atoms with E-state index in [0.717, 1.165) is 5.06 Å². The molecule has 0 aromatic rings. The smallest absolute Gasteiger partial charge is 0.430 e. The highest BCUT2D eigenvalue weighted by molar-refractivity contribution is 5.81. The first-order valence-corrected chi connectivity index (χ1v) is 4.40. The van der Waals surface area contributed by atoms with Gasteiger partial charge in [-0.05, 0) is 20.3 Å². The number of ether oxygens (including phenoxy) is 1. The van der Waals surface area contributed by atoms with Gasteiger partial charge in [-0.15, -0.1) is 5.06 Å². The van der Waals surface area contributed by atoms with Gasteiger partial charge in [0, 0.05) is 6.42 Å². The van der Waals surface area contributed by atoms with Crippen molar-refractivity contribution in [3.8, 4) is 0 Å². The van der Waals surface area contributed by atoms with Crippen LogP contribution in [0.1, 0.15) is 26.7 Å². The van der Waals surface area contributed by atoms with E-state index in [2.05, 4.69) is 11.4 Å². The minimum absolute atomic E-state index is 0.268. The number of rotatable bonds is 2. The van der Waals surface area contributed by atoms with Crippen molar-refractivity contribution in [2.45, 2.75) is 32.8 Å². The normalized spacial score (nSPS) is 16.4. The molecule has 5 heteroatoms. The van der Waals surface area contributed by atoms with Crippen molar-refractivity contribution in [2.75, 3.05) is 0 Å². The number of allylic oxidation sites excluding steroid dienone is 1. The van der Waals surface area contributed by atoms with Crippen LogP contribution in [0.5, 0.6) is 0 Å². The quantitative estimate of drug-likeness (QED) is 0.634. The summed E-state index contributed by atoms with van der Waals surface area (Å²) in [5.74, 6) is -0.268. The van der Waals surface area contributed by atoms with E-state index in [1.165, 1.54) is 0 Å². The van der Waals surface area contributed by atoms with Crippen LogP contribution in [0.15, 0.2) is 12.3 Å². The van der Waals surface area contributed by atoms with Crippen LogP contribution in [0.25, 0.3) is 0 Å². The van der Waals surface area contributed by atoms with Crippen molar-refractivity contribution in [1.29, 1.82) is 0 Å². The molecule has 0 aromatic heterocycles. The molecule has 0 bridgehead atoms. The zero-order valence-corrected chi connectivity index (χ0v) is 8.28. The van der Waals surface area contributed by atoms with Gasteiger partial charge in [0.25, 0.3) is 5.91 Å². The second-order valence-corrected chi connectivity index (χ2v) is 3.26. The lowest BCUT2D eigenvalue weighted by atomic mass is 10.3. The zero-order valence-electron chi connectivity index (χ0n) is 8.28. The minimum atomic E-state index is -0.878. The molecule has 0 unspecified atom stereocenters. The maximum atomic E-state index is 11.1. The Bertz CT molecular complexity index is 256. The minimum Gasteiger partial charge on any atom is -0.430 e. The number of amides is 1. The predicted molar refractivity (Wildman–Crippen MR) is 47.9 cm³/mol. The summed E-state index contributed by atoms with van der Waals surface area (Å²) in [4.78, 5) is 26.8. The second kappa shape index (κ2) is 4.13. The van der Waals surface area contributed by atoms with Crippen molar-refractivity contribution in [2.24, 2.45) is 0 Å². The third-order valence-electron chi connectivity index (χ3n) is 1.64. The van der Waals surface area contributed by atoms with Crippen LogP contribution < -0.4 is 0 Å². The largest absolute Gasteiger partial charge is 0.534 e. The summed E-state index contributed by atoms with van der Waals surface area (Å²) in [6.45, 7) is 6.98. The number of carbonyl (C=O) groups excluding carboxylic acids is 2. The van der Waals surface area contributed by atoms with Gasteiger partial charge in [-0.25, -0.2) is 4.79 Å². The van der Waals surface area contributed by atoms with Gasteiger partial charge in [0.15, 0.2) is 0 Å². The van der Waals surface area contributed by atoms with Gasteiger partial charge in [-0.2, -0.15) is 0 Å². The van der Waals surface area contributed by atoms with Crippen LogP contribution >= 0.6 is 0 Å². The molecule has 0 N–H and O–H groups in total. The van der Waals surface area contributed by atoms with Gasteiger partial charge in [0.1, 0.15) is 0 Å². The van der Waals surface area contributed by atoms with Crippen LogP contribution in [0.2, 0.25) is 0 Å². The topological polar surface area (TPSA) is 55.8 Å². The summed E-state index contributed by atoms with van der Waals surface area (Å²) in [6.07, 6.45) is -0.299. The predicted octanol–water partition coefficient (Wildman–Crippen LogP) is 1.60. The Hall–Kier alpha value is -1.52. The SMILES string of the molecule is C=C1CCC(=O)N1OC(=O)OC(C)C. The van der Waals surface area contributed by atoms with Gasteiger partial charge in [-0.1, -0.05) is 6.58 Å². The summed E-state index contributed by atoms with van der Waals surface area (Å²) < 4.78 is 4.71. The lowest BCUT2D eigenvalue weighted by molar-refractivity contribution is -0.159. The number of hydrogen-bond acceptors (Lipinski definition) is 4.